The van der Waals surface area contributed by atoms with Crippen LogP contribution in [0.3, 0.4) is 0 Å². The summed E-state index contributed by atoms with van der Waals surface area (Å²) in [5.74, 6) is 0.0903. The molecule has 0 radical (unpaired) electrons. The molecular weight excluding hydrogens is 599 g/mol. The second kappa shape index (κ2) is 12.6. The minimum atomic E-state index is -3.88. The number of thiazole rings is 1. The number of nitrogens with zero attached hydrogens (tertiary/aromatic N) is 3. The van der Waals surface area contributed by atoms with Crippen molar-refractivity contribution in [2.75, 3.05) is 13.2 Å². The molecule has 3 aromatic rings. The maximum Gasteiger partial charge on any atom is 0.243 e. The molecule has 2 aromatic heterocycles. The van der Waals surface area contributed by atoms with Crippen molar-refractivity contribution < 1.29 is 17.4 Å². The molecule has 0 aliphatic rings. The van der Waals surface area contributed by atoms with Gasteiger partial charge < -0.3 is 8.98 Å². The molecule has 2 heterocycles. The van der Waals surface area contributed by atoms with E-state index >= 15 is 0 Å². The highest BCUT2D eigenvalue weighted by Gasteiger charge is 2.40. The zero-order valence-corrected chi connectivity index (χ0v) is 29.5. The van der Waals surface area contributed by atoms with Gasteiger partial charge in [0.1, 0.15) is 16.1 Å². The number of hydrogen-bond donors (Lipinski definition) is 0. The molecule has 7 nitrogen and oxygen atoms in total. The molecule has 0 amide bonds. The van der Waals surface area contributed by atoms with Crippen molar-refractivity contribution in [1.29, 1.82) is 0 Å². The fourth-order valence-corrected chi connectivity index (χ4v) is 8.79. The zero-order chi connectivity index (χ0) is 30.1. The number of rotatable bonds is 11. The van der Waals surface area contributed by atoms with Crippen LogP contribution < -0.4 is 0 Å². The zero-order valence-electron chi connectivity index (χ0n) is 25.2. The lowest BCUT2D eigenvalue weighted by Gasteiger charge is -2.39. The minimum Gasteiger partial charge on any atom is -0.591 e. The van der Waals surface area contributed by atoms with Gasteiger partial charge in [-0.3, -0.25) is 0 Å². The van der Waals surface area contributed by atoms with Crippen molar-refractivity contribution in [2.45, 2.75) is 89.2 Å². The Morgan fingerprint density at radius 3 is 2.42 bits per heavy atom. The standard InChI is InChI=1S/C28H43N3O4S4Si/c1-20(2)17-31(39(33,34)22-12-13-23-26(15-22)36-19-29-23)24(18-35-40(9,10)28(6,7)8)25-14-11-21(37-25)16-30-38(32)27(3,4)5/h11-16,19-20,24H,17-18H2,1-10H3/b30-16-/t24-,38?/m1/s1. The Kier molecular flexibility index (Phi) is 10.5. The van der Waals surface area contributed by atoms with E-state index in [0.29, 0.717) is 6.54 Å². The molecule has 0 spiro atoms. The van der Waals surface area contributed by atoms with E-state index in [2.05, 4.69) is 43.2 Å². The molecule has 0 aliphatic carbocycles. The van der Waals surface area contributed by atoms with Crippen LogP contribution >= 0.6 is 22.7 Å². The average molecular weight is 642 g/mol. The lowest BCUT2D eigenvalue weighted by Crippen LogP contribution is -2.45. The van der Waals surface area contributed by atoms with Gasteiger partial charge in [-0.25, -0.2) is 13.4 Å². The molecule has 3 rings (SSSR count). The summed E-state index contributed by atoms with van der Waals surface area (Å²) in [5.41, 5.74) is 2.51. The summed E-state index contributed by atoms with van der Waals surface area (Å²) >= 11 is 1.50. The number of thiophene rings is 1. The van der Waals surface area contributed by atoms with Crippen LogP contribution in [-0.4, -0.2) is 54.7 Å². The third kappa shape index (κ3) is 8.03. The molecule has 0 saturated carbocycles. The van der Waals surface area contributed by atoms with Gasteiger partial charge in [0, 0.05) is 11.4 Å². The first-order valence-electron chi connectivity index (χ1n) is 13.4. The lowest BCUT2D eigenvalue weighted by molar-refractivity contribution is 0.184. The topological polar surface area (TPSA) is 94.9 Å². The SMILES string of the molecule is CC(C)CN([C@H](CO[Si](C)(C)C(C)(C)C)c1ccc(/C=N\[S+]([O-])C(C)(C)C)s1)S(=O)(=O)c1ccc2ncsc2c1. The number of aromatic nitrogens is 1. The Morgan fingerprint density at radius 2 is 1.82 bits per heavy atom. The van der Waals surface area contributed by atoms with E-state index in [9.17, 15) is 13.0 Å². The fourth-order valence-electron chi connectivity index (χ4n) is 3.57. The van der Waals surface area contributed by atoms with Gasteiger partial charge in [0.2, 0.25) is 10.0 Å². The van der Waals surface area contributed by atoms with Crippen molar-refractivity contribution in [1.82, 2.24) is 9.29 Å². The van der Waals surface area contributed by atoms with Crippen LogP contribution in [0.1, 0.15) is 71.2 Å². The molecule has 222 valence electrons. The average Bonchev–Trinajstić information content (AvgIpc) is 3.49. The molecule has 0 fully saturated rings. The maximum absolute atomic E-state index is 14.3. The Bertz CT molecular complexity index is 1420. The monoisotopic (exact) mass is 641 g/mol. The summed E-state index contributed by atoms with van der Waals surface area (Å²) in [4.78, 5) is 6.24. The van der Waals surface area contributed by atoms with E-state index in [1.807, 2.05) is 46.8 Å². The quantitative estimate of drug-likeness (QED) is 0.122. The van der Waals surface area contributed by atoms with Gasteiger partial charge in [-0.2, -0.15) is 4.31 Å². The molecule has 0 saturated heterocycles. The highest BCUT2D eigenvalue weighted by Crippen LogP contribution is 2.40. The largest absolute Gasteiger partial charge is 0.591 e. The van der Waals surface area contributed by atoms with Crippen LogP contribution in [0.4, 0.5) is 0 Å². The van der Waals surface area contributed by atoms with Crippen LogP contribution in [-0.2, 0) is 25.8 Å². The minimum absolute atomic E-state index is 0.0270. The molecule has 2 atom stereocenters. The van der Waals surface area contributed by atoms with Gasteiger partial charge in [-0.15, -0.1) is 22.7 Å². The summed E-state index contributed by atoms with van der Waals surface area (Å²) < 4.78 is 54.0. The Balaban J connectivity index is 2.08. The van der Waals surface area contributed by atoms with Crippen LogP contribution in [0.2, 0.25) is 18.1 Å². The van der Waals surface area contributed by atoms with Gasteiger partial charge >= 0.3 is 0 Å². The van der Waals surface area contributed by atoms with Crippen LogP contribution in [0, 0.1) is 5.92 Å². The van der Waals surface area contributed by atoms with E-state index in [-0.39, 0.29) is 22.5 Å². The maximum atomic E-state index is 14.3. The normalized spacial score (nSPS) is 15.5. The highest BCUT2D eigenvalue weighted by molar-refractivity contribution is 7.91. The third-order valence-corrected chi connectivity index (χ3v) is 16.6. The predicted molar refractivity (Wildman–Crippen MR) is 174 cm³/mol. The van der Waals surface area contributed by atoms with E-state index in [4.69, 9.17) is 4.43 Å². The van der Waals surface area contributed by atoms with Crippen molar-refractivity contribution >= 4 is 68.8 Å². The third-order valence-electron chi connectivity index (χ3n) is 6.99. The van der Waals surface area contributed by atoms with E-state index in [0.717, 1.165) is 20.0 Å². The summed E-state index contributed by atoms with van der Waals surface area (Å²) in [6.45, 7) is 21.2. The number of sulfonamides is 1. The number of fused-ring (bicyclic) bond motifs is 1. The highest BCUT2D eigenvalue weighted by atomic mass is 32.2. The van der Waals surface area contributed by atoms with Gasteiger partial charge in [-0.05, 0) is 75.2 Å². The summed E-state index contributed by atoms with van der Waals surface area (Å²) in [6, 6.07) is 8.45. The summed E-state index contributed by atoms with van der Waals surface area (Å²) in [7, 11) is -6.07. The summed E-state index contributed by atoms with van der Waals surface area (Å²) in [5, 5.41) is -0.0270. The Hall–Kier alpha value is -1.12. The van der Waals surface area contributed by atoms with Crippen molar-refractivity contribution in [3.05, 3.63) is 45.6 Å². The van der Waals surface area contributed by atoms with Gasteiger partial charge in [-0.1, -0.05) is 39.0 Å². The molecule has 0 N–H and O–H groups in total. The van der Waals surface area contributed by atoms with Crippen LogP contribution in [0.15, 0.2) is 45.1 Å². The molecule has 1 aromatic carbocycles. The molecule has 12 heteroatoms. The predicted octanol–water partition coefficient (Wildman–Crippen LogP) is 7.65. The molecule has 0 bridgehead atoms. The number of hydrogen-bond acceptors (Lipinski definition) is 8. The van der Waals surface area contributed by atoms with E-state index in [1.165, 1.54) is 22.7 Å². The van der Waals surface area contributed by atoms with Crippen LogP contribution in [0.5, 0.6) is 0 Å². The molecule has 40 heavy (non-hydrogen) atoms. The molecule has 1 unspecified atom stereocenters. The van der Waals surface area contributed by atoms with Gasteiger partial charge in [0.05, 0.1) is 44.4 Å². The molecular formula is C28H43N3O4S4Si. The first-order valence-corrected chi connectivity index (χ1v) is 20.5. The van der Waals surface area contributed by atoms with Crippen molar-refractivity contribution in [3.8, 4) is 0 Å². The molecule has 0 aliphatic heterocycles. The van der Waals surface area contributed by atoms with Gasteiger partial charge in [0.25, 0.3) is 0 Å². The fraction of sp³-hybridized carbons (Fsp3) is 0.571. The summed E-state index contributed by atoms with van der Waals surface area (Å²) in [6.07, 6.45) is 1.63. The second-order valence-corrected chi connectivity index (χ2v) is 23.5. The number of benzene rings is 1. The smallest absolute Gasteiger partial charge is 0.243 e. The first-order chi connectivity index (χ1) is 18.3. The van der Waals surface area contributed by atoms with Crippen molar-refractivity contribution in [2.24, 2.45) is 10.3 Å². The van der Waals surface area contributed by atoms with E-state index in [1.54, 1.807) is 34.2 Å². The van der Waals surface area contributed by atoms with Gasteiger partial charge in [0.15, 0.2) is 8.32 Å². The van der Waals surface area contributed by atoms with Crippen molar-refractivity contribution in [3.63, 3.8) is 0 Å². The first kappa shape index (κ1) is 33.4. The van der Waals surface area contributed by atoms with Crippen LogP contribution in [0.25, 0.3) is 10.2 Å². The second-order valence-electron chi connectivity index (χ2n) is 12.9. The Morgan fingerprint density at radius 1 is 1.15 bits per heavy atom. The van der Waals surface area contributed by atoms with E-state index < -0.39 is 40.5 Å². The lowest BCUT2D eigenvalue weighted by atomic mass is 10.2. The Labute approximate surface area is 252 Å².